The normalized spacial score (nSPS) is 15.3. The third kappa shape index (κ3) is 3.57. The van der Waals surface area contributed by atoms with E-state index in [0.717, 1.165) is 6.07 Å². The van der Waals surface area contributed by atoms with Crippen molar-refractivity contribution in [2.45, 2.75) is 26.3 Å². The van der Waals surface area contributed by atoms with Crippen molar-refractivity contribution >= 4 is 46.3 Å². The van der Waals surface area contributed by atoms with Gasteiger partial charge in [-0.3, -0.25) is 9.69 Å². The number of aliphatic carboxylic acids is 1. The molecule has 1 fully saturated rings. The molecular formula is C21H18FN3O4S. The molecule has 0 bridgehead atoms. The first-order valence-electron chi connectivity index (χ1n) is 8.89. The molecule has 154 valence electrons. The third-order valence-electron chi connectivity index (χ3n) is 4.75. The second kappa shape index (κ2) is 7.72. The monoisotopic (exact) mass is 427 g/mol. The lowest BCUT2D eigenvalue weighted by molar-refractivity contribution is -0.139. The number of amides is 1. The first-order chi connectivity index (χ1) is 14.1. The number of nitrogens with zero attached hydrogens (tertiary/aromatic N) is 3. The largest absolute Gasteiger partial charge is 0.479 e. The Kier molecular flexibility index (Phi) is 5.46. The summed E-state index contributed by atoms with van der Waals surface area (Å²) in [7, 11) is 0. The van der Waals surface area contributed by atoms with E-state index in [-0.39, 0.29) is 16.8 Å². The van der Waals surface area contributed by atoms with Gasteiger partial charge in [0, 0.05) is 17.4 Å². The van der Waals surface area contributed by atoms with Crippen LogP contribution in [0.5, 0.6) is 5.75 Å². The van der Waals surface area contributed by atoms with Crippen LogP contribution in [0.4, 0.5) is 21.5 Å². The molecule has 0 radical (unpaired) electrons. The molecule has 3 rings (SSSR count). The summed E-state index contributed by atoms with van der Waals surface area (Å²) in [4.78, 5) is 30.1. The van der Waals surface area contributed by atoms with Crippen LogP contribution in [0.2, 0.25) is 0 Å². The van der Waals surface area contributed by atoms with Gasteiger partial charge >= 0.3 is 5.97 Å². The molecule has 2 aromatic carbocycles. The fraction of sp³-hybridized carbons (Fsp3) is 0.238. The highest BCUT2D eigenvalue weighted by Gasteiger charge is 2.50. The first-order valence-corrected chi connectivity index (χ1v) is 9.29. The molecule has 1 heterocycles. The lowest BCUT2D eigenvalue weighted by Gasteiger charge is -2.29. The molecule has 0 saturated carbocycles. The summed E-state index contributed by atoms with van der Waals surface area (Å²) >= 11 is 5.56. The van der Waals surface area contributed by atoms with Crippen molar-refractivity contribution in [3.8, 4) is 5.75 Å². The maximum atomic E-state index is 14.5. The van der Waals surface area contributed by atoms with Gasteiger partial charge in [0.25, 0.3) is 5.91 Å². The van der Waals surface area contributed by atoms with E-state index in [9.17, 15) is 14.0 Å². The van der Waals surface area contributed by atoms with Gasteiger partial charge in [-0.1, -0.05) is 6.07 Å². The van der Waals surface area contributed by atoms with Gasteiger partial charge in [0.05, 0.1) is 6.57 Å². The Morgan fingerprint density at radius 3 is 2.50 bits per heavy atom. The lowest BCUT2D eigenvalue weighted by atomic mass is 10.0. The van der Waals surface area contributed by atoms with Crippen LogP contribution in [0.15, 0.2) is 36.4 Å². The summed E-state index contributed by atoms with van der Waals surface area (Å²) in [6, 6.07) is 8.94. The molecule has 1 N–H and O–H groups in total. The van der Waals surface area contributed by atoms with Gasteiger partial charge in [0.1, 0.15) is 5.54 Å². The fourth-order valence-electron chi connectivity index (χ4n) is 3.25. The van der Waals surface area contributed by atoms with Crippen LogP contribution in [0.1, 0.15) is 19.4 Å². The van der Waals surface area contributed by atoms with Gasteiger partial charge in [-0.2, -0.15) is 0 Å². The quantitative estimate of drug-likeness (QED) is 0.573. The number of carboxylic acids is 1. The predicted molar refractivity (Wildman–Crippen MR) is 114 cm³/mol. The molecule has 30 heavy (non-hydrogen) atoms. The van der Waals surface area contributed by atoms with Crippen LogP contribution in [0.3, 0.4) is 0 Å². The topological polar surface area (TPSA) is 74.4 Å². The number of ether oxygens (including phenoxy) is 1. The highest BCUT2D eigenvalue weighted by molar-refractivity contribution is 7.81. The van der Waals surface area contributed by atoms with Crippen molar-refractivity contribution in [1.29, 1.82) is 0 Å². The summed E-state index contributed by atoms with van der Waals surface area (Å²) < 4.78 is 19.4. The maximum absolute atomic E-state index is 14.5. The number of carboxylic acid groups (broad SMARTS) is 1. The number of hydrogen-bond donors (Lipinski definition) is 1. The highest BCUT2D eigenvalue weighted by atomic mass is 32.1. The van der Waals surface area contributed by atoms with Crippen molar-refractivity contribution in [1.82, 2.24) is 0 Å². The minimum Gasteiger partial charge on any atom is -0.479 e. The van der Waals surface area contributed by atoms with Gasteiger partial charge in [0.2, 0.25) is 0 Å². The van der Waals surface area contributed by atoms with E-state index in [0.29, 0.717) is 22.6 Å². The van der Waals surface area contributed by atoms with E-state index in [4.69, 9.17) is 28.6 Å². The number of carbonyl (C=O) groups excluding carboxylic acids is 1. The number of anilines is 2. The summed E-state index contributed by atoms with van der Waals surface area (Å²) in [5, 5.41) is 8.85. The standard InChI is InChI=1S/C21H18FN3O4S/c1-12-9-13(5-7-16(12)23-4)24-19(28)21(2,3)25(20(24)30)14-6-8-17(15(22)10-14)29-11-18(26)27/h5-10H,11H2,1-3H3,(H,26,27). The smallest absolute Gasteiger partial charge is 0.341 e. The predicted octanol–water partition coefficient (Wildman–Crippen LogP) is 4.07. The summed E-state index contributed by atoms with van der Waals surface area (Å²) in [5.41, 5.74) is 0.939. The number of aryl methyl sites for hydroxylation is 1. The van der Waals surface area contributed by atoms with Gasteiger partial charge < -0.3 is 14.7 Å². The van der Waals surface area contributed by atoms with Crippen LogP contribution in [-0.4, -0.2) is 34.2 Å². The van der Waals surface area contributed by atoms with Gasteiger partial charge in [-0.25, -0.2) is 14.0 Å². The van der Waals surface area contributed by atoms with E-state index in [1.54, 1.807) is 39.0 Å². The zero-order chi connectivity index (χ0) is 22.2. The Balaban J connectivity index is 1.98. The zero-order valence-electron chi connectivity index (χ0n) is 16.5. The molecule has 1 amide bonds. The Bertz CT molecular complexity index is 1110. The average molecular weight is 427 g/mol. The molecule has 0 atom stereocenters. The molecule has 1 saturated heterocycles. The number of rotatable bonds is 5. The highest BCUT2D eigenvalue weighted by Crippen LogP contribution is 2.38. The number of thiocarbonyl (C=S) groups is 1. The van der Waals surface area contributed by atoms with E-state index < -0.39 is 23.9 Å². The fourth-order valence-corrected chi connectivity index (χ4v) is 3.77. The number of hydrogen-bond acceptors (Lipinski definition) is 4. The van der Waals surface area contributed by atoms with Crippen LogP contribution >= 0.6 is 12.2 Å². The minimum atomic E-state index is -1.22. The zero-order valence-corrected chi connectivity index (χ0v) is 17.3. The summed E-state index contributed by atoms with van der Waals surface area (Å²) in [6.07, 6.45) is 0. The molecule has 9 heteroatoms. The molecule has 1 aliphatic rings. The average Bonchev–Trinajstić information content (AvgIpc) is 2.85. The second-order valence-electron chi connectivity index (χ2n) is 7.20. The van der Waals surface area contributed by atoms with E-state index in [1.807, 2.05) is 0 Å². The van der Waals surface area contributed by atoms with Gasteiger partial charge in [0.15, 0.2) is 29.0 Å². The van der Waals surface area contributed by atoms with Crippen molar-refractivity contribution in [3.05, 3.63) is 59.2 Å². The first kappa shape index (κ1) is 21.2. The molecule has 1 aliphatic heterocycles. The van der Waals surface area contributed by atoms with Crippen LogP contribution in [-0.2, 0) is 9.59 Å². The van der Waals surface area contributed by atoms with Crippen molar-refractivity contribution in [3.63, 3.8) is 0 Å². The Labute approximate surface area is 178 Å². The third-order valence-corrected chi connectivity index (χ3v) is 5.12. The SMILES string of the molecule is [C-]#[N+]c1ccc(N2C(=O)C(C)(C)N(c3ccc(OCC(=O)O)c(F)c3)C2=S)cc1C. The molecule has 7 nitrogen and oxygen atoms in total. The van der Waals surface area contributed by atoms with Crippen LogP contribution in [0.25, 0.3) is 4.85 Å². The van der Waals surface area contributed by atoms with Crippen LogP contribution < -0.4 is 14.5 Å². The summed E-state index contributed by atoms with van der Waals surface area (Å²) in [5.74, 6) is -2.50. The van der Waals surface area contributed by atoms with Crippen molar-refractivity contribution < 1.29 is 23.8 Å². The summed E-state index contributed by atoms with van der Waals surface area (Å²) in [6.45, 7) is 11.6. The molecule has 2 aromatic rings. The minimum absolute atomic E-state index is 0.165. The van der Waals surface area contributed by atoms with Crippen molar-refractivity contribution in [2.24, 2.45) is 0 Å². The van der Waals surface area contributed by atoms with E-state index in [2.05, 4.69) is 4.85 Å². The van der Waals surface area contributed by atoms with E-state index >= 15 is 0 Å². The Morgan fingerprint density at radius 2 is 1.93 bits per heavy atom. The van der Waals surface area contributed by atoms with Gasteiger partial charge in [-0.05, 0) is 62.8 Å². The van der Waals surface area contributed by atoms with E-state index in [1.165, 1.54) is 21.9 Å². The molecule has 0 aliphatic carbocycles. The van der Waals surface area contributed by atoms with Crippen LogP contribution in [0, 0.1) is 19.3 Å². The molecular weight excluding hydrogens is 409 g/mol. The lowest BCUT2D eigenvalue weighted by Crippen LogP contribution is -2.44. The molecule has 0 aromatic heterocycles. The number of benzene rings is 2. The molecule has 0 spiro atoms. The van der Waals surface area contributed by atoms with Crippen molar-refractivity contribution in [2.75, 3.05) is 16.4 Å². The second-order valence-corrected chi connectivity index (χ2v) is 7.56. The molecule has 0 unspecified atom stereocenters. The number of carbonyl (C=O) groups is 2. The maximum Gasteiger partial charge on any atom is 0.341 e. The number of halogens is 1. The Hall–Kier alpha value is -3.51. The van der Waals surface area contributed by atoms with Gasteiger partial charge in [-0.15, -0.1) is 0 Å². The Morgan fingerprint density at radius 1 is 1.27 bits per heavy atom.